The molecule has 2 nitrogen and oxygen atoms in total. The summed E-state index contributed by atoms with van der Waals surface area (Å²) in [7, 11) is 6.20. The van der Waals surface area contributed by atoms with Crippen LogP contribution in [0.15, 0.2) is 0 Å². The molecule has 10 heavy (non-hydrogen) atoms. The van der Waals surface area contributed by atoms with Crippen molar-refractivity contribution in [1.82, 2.24) is 0 Å². The Morgan fingerprint density at radius 1 is 1.40 bits per heavy atom. The highest BCUT2D eigenvalue weighted by Gasteiger charge is 2.26. The minimum atomic E-state index is -0.585. The molecule has 0 saturated carbocycles. The Morgan fingerprint density at radius 3 is 1.90 bits per heavy atom. The molecule has 0 amide bonds. The van der Waals surface area contributed by atoms with Gasteiger partial charge in [0, 0.05) is 5.33 Å². The molecule has 0 aliphatic carbocycles. The lowest BCUT2D eigenvalue weighted by molar-refractivity contribution is -0.876. The summed E-state index contributed by atoms with van der Waals surface area (Å²) < 4.78 is 0.790. The summed E-state index contributed by atoms with van der Waals surface area (Å²) in [6, 6.07) is 0. The highest BCUT2D eigenvalue weighted by molar-refractivity contribution is 9.09. The predicted molar refractivity (Wildman–Crippen MR) is 47.3 cm³/mol. The SMILES string of the molecule is CC(O)(CBr)C[N+](C)(C)C. The molecular weight excluding hydrogens is 194 g/mol. The van der Waals surface area contributed by atoms with Crippen molar-refractivity contribution >= 4 is 15.9 Å². The molecular formula is C7H17BrNO+. The number of halogens is 1. The first-order chi connectivity index (χ1) is 4.27. The lowest BCUT2D eigenvalue weighted by Gasteiger charge is -2.31. The zero-order valence-electron chi connectivity index (χ0n) is 7.19. The van der Waals surface area contributed by atoms with Crippen LogP contribution < -0.4 is 0 Å². The van der Waals surface area contributed by atoms with Gasteiger partial charge in [0.2, 0.25) is 0 Å². The van der Waals surface area contributed by atoms with Crippen LogP contribution in [0.4, 0.5) is 0 Å². The molecule has 0 aliphatic heterocycles. The van der Waals surface area contributed by atoms with Gasteiger partial charge < -0.3 is 9.59 Å². The monoisotopic (exact) mass is 210 g/mol. The molecule has 0 rings (SSSR count). The van der Waals surface area contributed by atoms with E-state index in [1.54, 1.807) is 0 Å². The van der Waals surface area contributed by atoms with Gasteiger partial charge in [-0.3, -0.25) is 0 Å². The first kappa shape index (κ1) is 10.4. The third-order valence-corrected chi connectivity index (χ3v) is 2.31. The Hall–Kier alpha value is 0.400. The van der Waals surface area contributed by atoms with Gasteiger partial charge in [-0.25, -0.2) is 0 Å². The molecule has 1 N–H and O–H groups in total. The van der Waals surface area contributed by atoms with E-state index in [0.717, 1.165) is 11.0 Å². The Labute approximate surface area is 71.6 Å². The standard InChI is InChI=1S/C7H17BrNO/c1-7(10,5-8)6-9(2,3)4/h10H,5-6H2,1-4H3/q+1. The highest BCUT2D eigenvalue weighted by Crippen LogP contribution is 2.10. The zero-order chi connectivity index (χ0) is 8.41. The average molecular weight is 211 g/mol. The highest BCUT2D eigenvalue weighted by atomic mass is 79.9. The van der Waals surface area contributed by atoms with Crippen molar-refractivity contribution in [3.63, 3.8) is 0 Å². The molecule has 0 spiro atoms. The molecule has 0 saturated heterocycles. The summed E-state index contributed by atoms with van der Waals surface area (Å²) in [5.74, 6) is 0. The molecule has 0 heterocycles. The number of quaternary nitrogens is 1. The van der Waals surface area contributed by atoms with E-state index in [1.165, 1.54) is 0 Å². The Balaban J connectivity index is 3.89. The van der Waals surface area contributed by atoms with Gasteiger partial charge >= 0.3 is 0 Å². The largest absolute Gasteiger partial charge is 0.383 e. The third kappa shape index (κ3) is 5.21. The van der Waals surface area contributed by atoms with Crippen LogP contribution in [-0.2, 0) is 0 Å². The summed E-state index contributed by atoms with van der Waals surface area (Å²) >= 11 is 3.26. The summed E-state index contributed by atoms with van der Waals surface area (Å²) in [5.41, 5.74) is -0.585. The molecule has 0 bridgehead atoms. The van der Waals surface area contributed by atoms with E-state index in [9.17, 15) is 5.11 Å². The van der Waals surface area contributed by atoms with Crippen LogP contribution in [0.25, 0.3) is 0 Å². The molecule has 62 valence electrons. The normalized spacial score (nSPS) is 18.6. The maximum absolute atomic E-state index is 9.60. The van der Waals surface area contributed by atoms with Crippen molar-refractivity contribution in [2.45, 2.75) is 12.5 Å². The Morgan fingerprint density at radius 2 is 1.80 bits per heavy atom. The molecule has 0 radical (unpaired) electrons. The topological polar surface area (TPSA) is 20.2 Å². The lowest BCUT2D eigenvalue weighted by Crippen LogP contribution is -2.48. The van der Waals surface area contributed by atoms with Crippen molar-refractivity contribution in [2.24, 2.45) is 0 Å². The number of rotatable bonds is 3. The minimum absolute atomic E-state index is 0.585. The van der Waals surface area contributed by atoms with Crippen molar-refractivity contribution in [1.29, 1.82) is 0 Å². The smallest absolute Gasteiger partial charge is 0.120 e. The quantitative estimate of drug-likeness (QED) is 0.541. The van der Waals surface area contributed by atoms with Crippen molar-refractivity contribution in [3.8, 4) is 0 Å². The maximum atomic E-state index is 9.60. The van der Waals surface area contributed by atoms with Gasteiger partial charge in [0.05, 0.1) is 21.1 Å². The summed E-state index contributed by atoms with van der Waals surface area (Å²) in [5, 5.41) is 10.2. The van der Waals surface area contributed by atoms with Gasteiger partial charge in [0.1, 0.15) is 12.1 Å². The van der Waals surface area contributed by atoms with Crippen LogP contribution in [0.3, 0.4) is 0 Å². The van der Waals surface area contributed by atoms with Crippen LogP contribution in [0.5, 0.6) is 0 Å². The second-order valence-electron chi connectivity index (χ2n) is 4.08. The van der Waals surface area contributed by atoms with Crippen molar-refractivity contribution in [2.75, 3.05) is 33.0 Å². The Bertz CT molecular complexity index is 107. The van der Waals surface area contributed by atoms with E-state index in [4.69, 9.17) is 0 Å². The van der Waals surface area contributed by atoms with E-state index < -0.39 is 5.60 Å². The fourth-order valence-corrected chi connectivity index (χ4v) is 1.24. The Kier molecular flexibility index (Phi) is 3.33. The van der Waals surface area contributed by atoms with E-state index in [-0.39, 0.29) is 0 Å². The summed E-state index contributed by atoms with van der Waals surface area (Å²) in [4.78, 5) is 0. The number of likely N-dealkylation sites (N-methyl/N-ethyl adjacent to an activating group) is 1. The molecule has 0 aromatic rings. The van der Waals surface area contributed by atoms with E-state index in [2.05, 4.69) is 37.1 Å². The third-order valence-electron chi connectivity index (χ3n) is 1.10. The lowest BCUT2D eigenvalue weighted by atomic mass is 10.1. The van der Waals surface area contributed by atoms with E-state index in [1.807, 2.05) is 6.92 Å². The number of nitrogens with zero attached hydrogens (tertiary/aromatic N) is 1. The van der Waals surface area contributed by atoms with Gasteiger partial charge in [-0.1, -0.05) is 15.9 Å². The number of hydrogen-bond donors (Lipinski definition) is 1. The molecule has 0 aromatic carbocycles. The second kappa shape index (κ2) is 3.20. The number of aliphatic hydroxyl groups is 1. The van der Waals surface area contributed by atoms with E-state index in [0.29, 0.717) is 5.33 Å². The van der Waals surface area contributed by atoms with Gasteiger partial charge in [-0.15, -0.1) is 0 Å². The van der Waals surface area contributed by atoms with Gasteiger partial charge in [-0.2, -0.15) is 0 Å². The number of hydrogen-bond acceptors (Lipinski definition) is 1. The predicted octanol–water partition coefficient (Wildman–Crippen LogP) is 0.839. The molecule has 0 aromatic heterocycles. The van der Waals surface area contributed by atoms with Crippen LogP contribution in [0, 0.1) is 0 Å². The second-order valence-corrected chi connectivity index (χ2v) is 4.64. The van der Waals surface area contributed by atoms with Crippen LogP contribution in [-0.4, -0.2) is 48.2 Å². The van der Waals surface area contributed by atoms with Gasteiger partial charge in [0.15, 0.2) is 0 Å². The van der Waals surface area contributed by atoms with Gasteiger partial charge in [-0.05, 0) is 6.92 Å². The van der Waals surface area contributed by atoms with Crippen molar-refractivity contribution < 1.29 is 9.59 Å². The first-order valence-electron chi connectivity index (χ1n) is 3.36. The van der Waals surface area contributed by atoms with Crippen molar-refractivity contribution in [3.05, 3.63) is 0 Å². The molecule has 0 aliphatic rings. The fraction of sp³-hybridized carbons (Fsp3) is 1.00. The van der Waals surface area contributed by atoms with E-state index >= 15 is 0 Å². The summed E-state index contributed by atoms with van der Waals surface area (Å²) in [6.45, 7) is 2.60. The van der Waals surface area contributed by atoms with Crippen LogP contribution in [0.2, 0.25) is 0 Å². The first-order valence-corrected chi connectivity index (χ1v) is 4.48. The van der Waals surface area contributed by atoms with Crippen LogP contribution >= 0.6 is 15.9 Å². The minimum Gasteiger partial charge on any atom is -0.383 e. The molecule has 1 atom stereocenters. The van der Waals surface area contributed by atoms with Crippen LogP contribution in [0.1, 0.15) is 6.92 Å². The molecule has 1 unspecified atom stereocenters. The number of alkyl halides is 1. The maximum Gasteiger partial charge on any atom is 0.120 e. The fourth-order valence-electron chi connectivity index (χ4n) is 1.06. The average Bonchev–Trinajstić information content (AvgIpc) is 1.60. The van der Waals surface area contributed by atoms with Gasteiger partial charge in [0.25, 0.3) is 0 Å². The molecule has 3 heteroatoms. The molecule has 0 fully saturated rings. The summed E-state index contributed by atoms with van der Waals surface area (Å²) in [6.07, 6.45) is 0. The zero-order valence-corrected chi connectivity index (χ0v) is 8.77.